The van der Waals surface area contributed by atoms with E-state index in [2.05, 4.69) is 51.3 Å². The van der Waals surface area contributed by atoms with Gasteiger partial charge in [-0.05, 0) is 61.8 Å². The summed E-state index contributed by atoms with van der Waals surface area (Å²) in [5, 5.41) is 3.67. The molecule has 2 nitrogen and oxygen atoms in total. The van der Waals surface area contributed by atoms with Gasteiger partial charge in [0.15, 0.2) is 0 Å². The van der Waals surface area contributed by atoms with Crippen LogP contribution in [0.25, 0.3) is 0 Å². The molecular weight excluding hydrogens is 324 g/mol. The number of rotatable bonds is 5. The van der Waals surface area contributed by atoms with E-state index in [1.54, 1.807) is 0 Å². The minimum absolute atomic E-state index is 0.769. The van der Waals surface area contributed by atoms with Gasteiger partial charge in [-0.1, -0.05) is 29.3 Å². The number of halogens is 1. The average molecular weight is 351 g/mol. The number of nitrogens with one attached hydrogen (secondary N) is 1. The molecule has 1 unspecified atom stereocenters. The van der Waals surface area contributed by atoms with Crippen LogP contribution in [0, 0.1) is 5.92 Å². The Bertz CT molecular complexity index is 470. The third-order valence-corrected chi connectivity index (χ3v) is 5.46. The van der Waals surface area contributed by atoms with E-state index < -0.39 is 0 Å². The van der Waals surface area contributed by atoms with E-state index in [1.807, 2.05) is 0 Å². The van der Waals surface area contributed by atoms with Gasteiger partial charge < -0.3 is 10.2 Å². The largest absolute Gasteiger partial charge is 0.371 e. The third-order valence-electron chi connectivity index (χ3n) is 4.97. The standard InChI is InChI=1S/C18H27BrN2/c1-2-14-4-3-10-21(11-9-14)18-8-5-16(19)12-15(18)13-20-17-6-7-17/h5,8,12,14,17,20H,2-4,6-7,9-11,13H2,1H3. The van der Waals surface area contributed by atoms with E-state index in [4.69, 9.17) is 0 Å². The molecular formula is C18H27BrN2. The van der Waals surface area contributed by atoms with Gasteiger partial charge in [0.2, 0.25) is 0 Å². The Morgan fingerprint density at radius 1 is 1.19 bits per heavy atom. The topological polar surface area (TPSA) is 15.3 Å². The maximum Gasteiger partial charge on any atom is 0.0412 e. The first kappa shape index (κ1) is 15.4. The predicted octanol–water partition coefficient (Wildman–Crippen LogP) is 4.72. The maximum atomic E-state index is 3.67. The molecule has 3 heteroatoms. The summed E-state index contributed by atoms with van der Waals surface area (Å²) >= 11 is 3.63. The van der Waals surface area contributed by atoms with Crippen molar-refractivity contribution in [3.63, 3.8) is 0 Å². The summed E-state index contributed by atoms with van der Waals surface area (Å²) in [4.78, 5) is 2.62. The van der Waals surface area contributed by atoms with Gasteiger partial charge in [0, 0.05) is 35.8 Å². The van der Waals surface area contributed by atoms with Crippen LogP contribution in [-0.4, -0.2) is 19.1 Å². The van der Waals surface area contributed by atoms with Crippen LogP contribution in [-0.2, 0) is 6.54 Å². The average Bonchev–Trinajstić information content (AvgIpc) is 3.32. The Labute approximate surface area is 137 Å². The van der Waals surface area contributed by atoms with E-state index in [0.29, 0.717) is 0 Å². The number of anilines is 1. The van der Waals surface area contributed by atoms with Crippen LogP contribution < -0.4 is 10.2 Å². The number of hydrogen-bond donors (Lipinski definition) is 1. The third kappa shape index (κ3) is 4.23. The van der Waals surface area contributed by atoms with E-state index in [0.717, 1.165) is 18.5 Å². The minimum atomic E-state index is 0.769. The normalized spacial score (nSPS) is 23.1. The first-order valence-corrected chi connectivity index (χ1v) is 9.32. The van der Waals surface area contributed by atoms with Crippen molar-refractivity contribution >= 4 is 21.6 Å². The second kappa shape index (κ2) is 7.15. The molecule has 1 aromatic carbocycles. The monoisotopic (exact) mass is 350 g/mol. The lowest BCUT2D eigenvalue weighted by molar-refractivity contribution is 0.459. The summed E-state index contributed by atoms with van der Waals surface area (Å²) in [6.07, 6.45) is 8.13. The quantitative estimate of drug-likeness (QED) is 0.826. The van der Waals surface area contributed by atoms with Crippen LogP contribution >= 0.6 is 15.9 Å². The summed E-state index contributed by atoms with van der Waals surface area (Å²) in [6.45, 7) is 5.78. The van der Waals surface area contributed by atoms with Crippen molar-refractivity contribution in [1.82, 2.24) is 5.32 Å². The summed E-state index contributed by atoms with van der Waals surface area (Å²) < 4.78 is 1.19. The zero-order valence-corrected chi connectivity index (χ0v) is 14.7. The fourth-order valence-corrected chi connectivity index (χ4v) is 3.77. The highest BCUT2D eigenvalue weighted by atomic mass is 79.9. The Hall–Kier alpha value is -0.540. The SMILES string of the molecule is CCC1CCCN(c2ccc(Br)cc2CNC2CC2)CC1. The highest BCUT2D eigenvalue weighted by Gasteiger charge is 2.22. The van der Waals surface area contributed by atoms with Crippen LogP contribution in [0.1, 0.15) is 51.0 Å². The van der Waals surface area contributed by atoms with Crippen LogP contribution in [0.5, 0.6) is 0 Å². The van der Waals surface area contributed by atoms with Crippen molar-refractivity contribution in [2.24, 2.45) is 5.92 Å². The highest BCUT2D eigenvalue weighted by Crippen LogP contribution is 2.30. The van der Waals surface area contributed by atoms with Gasteiger partial charge >= 0.3 is 0 Å². The van der Waals surface area contributed by atoms with E-state index in [-0.39, 0.29) is 0 Å². The predicted molar refractivity (Wildman–Crippen MR) is 93.8 cm³/mol. The van der Waals surface area contributed by atoms with Gasteiger partial charge in [0.1, 0.15) is 0 Å². The summed E-state index contributed by atoms with van der Waals surface area (Å²) in [5.74, 6) is 0.929. The zero-order chi connectivity index (χ0) is 14.7. The van der Waals surface area contributed by atoms with Crippen molar-refractivity contribution in [1.29, 1.82) is 0 Å². The molecule has 0 bridgehead atoms. The van der Waals surface area contributed by atoms with Gasteiger partial charge in [0.05, 0.1) is 0 Å². The molecule has 0 radical (unpaired) electrons. The zero-order valence-electron chi connectivity index (χ0n) is 13.1. The maximum absolute atomic E-state index is 3.67. The van der Waals surface area contributed by atoms with Crippen LogP contribution in [0.2, 0.25) is 0 Å². The first-order chi connectivity index (χ1) is 10.3. The molecule has 1 aliphatic carbocycles. The van der Waals surface area contributed by atoms with Crippen molar-refractivity contribution in [3.05, 3.63) is 28.2 Å². The molecule has 1 heterocycles. The molecule has 1 saturated carbocycles. The summed E-state index contributed by atoms with van der Waals surface area (Å²) in [5.41, 5.74) is 2.90. The highest BCUT2D eigenvalue weighted by molar-refractivity contribution is 9.10. The summed E-state index contributed by atoms with van der Waals surface area (Å²) in [7, 11) is 0. The number of benzene rings is 1. The van der Waals surface area contributed by atoms with E-state index in [1.165, 1.54) is 67.3 Å². The molecule has 3 rings (SSSR count). The second-order valence-corrected chi connectivity index (χ2v) is 7.54. The van der Waals surface area contributed by atoms with Gasteiger partial charge in [0.25, 0.3) is 0 Å². The molecule has 1 saturated heterocycles. The van der Waals surface area contributed by atoms with Gasteiger partial charge in [-0.25, -0.2) is 0 Å². The number of nitrogens with zero attached hydrogens (tertiary/aromatic N) is 1. The van der Waals surface area contributed by atoms with Crippen molar-refractivity contribution < 1.29 is 0 Å². The first-order valence-electron chi connectivity index (χ1n) is 8.53. The second-order valence-electron chi connectivity index (χ2n) is 6.62. The molecule has 1 aromatic rings. The molecule has 1 N–H and O–H groups in total. The molecule has 2 aliphatic rings. The van der Waals surface area contributed by atoms with E-state index >= 15 is 0 Å². The van der Waals surface area contributed by atoms with Crippen LogP contribution in [0.15, 0.2) is 22.7 Å². The van der Waals surface area contributed by atoms with Gasteiger partial charge in [-0.3, -0.25) is 0 Å². The fraction of sp³-hybridized carbons (Fsp3) is 0.667. The van der Waals surface area contributed by atoms with Crippen LogP contribution in [0.4, 0.5) is 5.69 Å². The molecule has 2 fully saturated rings. The smallest absolute Gasteiger partial charge is 0.0412 e. The molecule has 0 amide bonds. The molecule has 21 heavy (non-hydrogen) atoms. The molecule has 1 aliphatic heterocycles. The van der Waals surface area contributed by atoms with E-state index in [9.17, 15) is 0 Å². The fourth-order valence-electron chi connectivity index (χ4n) is 3.36. The minimum Gasteiger partial charge on any atom is -0.371 e. The van der Waals surface area contributed by atoms with Crippen LogP contribution in [0.3, 0.4) is 0 Å². The Morgan fingerprint density at radius 2 is 2.05 bits per heavy atom. The van der Waals surface area contributed by atoms with Crippen molar-refractivity contribution in [3.8, 4) is 0 Å². The van der Waals surface area contributed by atoms with Crippen molar-refractivity contribution in [2.75, 3.05) is 18.0 Å². The lowest BCUT2D eigenvalue weighted by Crippen LogP contribution is -2.27. The lowest BCUT2D eigenvalue weighted by atomic mass is 9.98. The van der Waals surface area contributed by atoms with Gasteiger partial charge in [-0.2, -0.15) is 0 Å². The Balaban J connectivity index is 1.72. The molecule has 0 aromatic heterocycles. The summed E-state index contributed by atoms with van der Waals surface area (Å²) in [6, 6.07) is 7.57. The lowest BCUT2D eigenvalue weighted by Gasteiger charge is -2.26. The molecule has 116 valence electrons. The Kier molecular flexibility index (Phi) is 5.23. The number of hydrogen-bond acceptors (Lipinski definition) is 2. The Morgan fingerprint density at radius 3 is 2.81 bits per heavy atom. The van der Waals surface area contributed by atoms with Gasteiger partial charge in [-0.15, -0.1) is 0 Å². The molecule has 1 atom stereocenters. The van der Waals surface area contributed by atoms with Crippen molar-refractivity contribution in [2.45, 2.75) is 58.0 Å². The molecule has 0 spiro atoms.